The molecule has 0 aliphatic heterocycles. The first-order chi connectivity index (χ1) is 9.81. The Morgan fingerprint density at radius 2 is 2.10 bits per heavy atom. The van der Waals surface area contributed by atoms with E-state index in [-0.39, 0.29) is 5.41 Å². The molecule has 1 N–H and O–H groups in total. The summed E-state index contributed by atoms with van der Waals surface area (Å²) in [4.78, 5) is 4.63. The van der Waals surface area contributed by atoms with Crippen LogP contribution in [0, 0.1) is 0 Å². The van der Waals surface area contributed by atoms with Crippen LogP contribution < -0.4 is 4.74 Å². The van der Waals surface area contributed by atoms with E-state index in [2.05, 4.69) is 47.1 Å². The Balaban J connectivity index is 2.18. The molecule has 0 aliphatic rings. The van der Waals surface area contributed by atoms with E-state index in [0.29, 0.717) is 6.42 Å². The van der Waals surface area contributed by atoms with Crippen LogP contribution in [0.25, 0.3) is 0 Å². The zero-order valence-corrected chi connectivity index (χ0v) is 15.1. The van der Waals surface area contributed by atoms with Crippen molar-refractivity contribution in [3.63, 3.8) is 0 Å². The average Bonchev–Trinajstić information content (AvgIpc) is 2.87. The van der Waals surface area contributed by atoms with Crippen LogP contribution in [0.2, 0.25) is 0 Å². The summed E-state index contributed by atoms with van der Waals surface area (Å²) in [6, 6.07) is 5.61. The summed E-state index contributed by atoms with van der Waals surface area (Å²) < 4.78 is 6.09. The number of halogens is 1. The molecule has 1 heterocycles. The number of benzene rings is 1. The summed E-state index contributed by atoms with van der Waals surface area (Å²) in [7, 11) is 1.62. The quantitative estimate of drug-likeness (QED) is 0.863. The molecule has 2 rings (SSSR count). The minimum Gasteiger partial charge on any atom is -0.497 e. The largest absolute Gasteiger partial charge is 0.497 e. The molecule has 1 atom stereocenters. The van der Waals surface area contributed by atoms with Gasteiger partial charge in [0, 0.05) is 21.7 Å². The molecule has 0 radical (unpaired) electrons. The molecule has 0 saturated heterocycles. The first-order valence-corrected chi connectivity index (χ1v) is 8.45. The molecule has 0 aliphatic carbocycles. The summed E-state index contributed by atoms with van der Waals surface area (Å²) in [6.07, 6.45) is -0.0968. The van der Waals surface area contributed by atoms with E-state index in [1.807, 2.05) is 18.2 Å². The second-order valence-electron chi connectivity index (χ2n) is 5.98. The van der Waals surface area contributed by atoms with Crippen molar-refractivity contribution < 1.29 is 9.84 Å². The highest BCUT2D eigenvalue weighted by atomic mass is 79.9. The van der Waals surface area contributed by atoms with Gasteiger partial charge in [-0.05, 0) is 23.8 Å². The van der Waals surface area contributed by atoms with Gasteiger partial charge in [-0.3, -0.25) is 0 Å². The second-order valence-corrected chi connectivity index (χ2v) is 7.78. The van der Waals surface area contributed by atoms with Crippen LogP contribution in [0.1, 0.15) is 43.1 Å². The highest BCUT2D eigenvalue weighted by Crippen LogP contribution is 2.31. The van der Waals surface area contributed by atoms with Gasteiger partial charge in [-0.2, -0.15) is 0 Å². The fraction of sp³-hybridized carbons (Fsp3) is 0.438. The van der Waals surface area contributed by atoms with E-state index in [9.17, 15) is 5.11 Å². The summed E-state index contributed by atoms with van der Waals surface area (Å²) >= 11 is 5.08. The summed E-state index contributed by atoms with van der Waals surface area (Å²) in [6.45, 7) is 6.42. The van der Waals surface area contributed by atoms with Crippen molar-refractivity contribution in [3.8, 4) is 5.75 Å². The molecule has 0 saturated carbocycles. The van der Waals surface area contributed by atoms with Gasteiger partial charge in [0.1, 0.15) is 5.75 Å². The number of hydrogen-bond acceptors (Lipinski definition) is 4. The summed E-state index contributed by atoms with van der Waals surface area (Å²) in [5, 5.41) is 13.5. The Morgan fingerprint density at radius 1 is 1.38 bits per heavy atom. The maximum Gasteiger partial charge on any atom is 0.119 e. The molecular formula is C16H20BrNO2S. The number of thiazole rings is 1. The van der Waals surface area contributed by atoms with Crippen molar-refractivity contribution in [2.75, 3.05) is 7.11 Å². The van der Waals surface area contributed by atoms with Gasteiger partial charge < -0.3 is 9.84 Å². The predicted molar refractivity (Wildman–Crippen MR) is 90.2 cm³/mol. The van der Waals surface area contributed by atoms with Gasteiger partial charge in [0.2, 0.25) is 0 Å². The van der Waals surface area contributed by atoms with Crippen LogP contribution in [-0.4, -0.2) is 17.2 Å². The summed E-state index contributed by atoms with van der Waals surface area (Å²) in [5.41, 5.74) is 1.93. The van der Waals surface area contributed by atoms with E-state index in [0.717, 1.165) is 26.5 Å². The molecule has 0 bridgehead atoms. The monoisotopic (exact) mass is 369 g/mol. The van der Waals surface area contributed by atoms with Gasteiger partial charge in [0.15, 0.2) is 0 Å². The van der Waals surface area contributed by atoms with Gasteiger partial charge in [-0.1, -0.05) is 36.7 Å². The molecule has 21 heavy (non-hydrogen) atoms. The molecule has 0 amide bonds. The number of aromatic nitrogens is 1. The van der Waals surface area contributed by atoms with E-state index in [1.54, 1.807) is 18.4 Å². The van der Waals surface area contributed by atoms with E-state index >= 15 is 0 Å². The molecule has 1 aromatic carbocycles. The zero-order chi connectivity index (χ0) is 15.6. The van der Waals surface area contributed by atoms with Gasteiger partial charge in [-0.25, -0.2) is 4.98 Å². The van der Waals surface area contributed by atoms with Gasteiger partial charge in [0.25, 0.3) is 0 Å². The number of aliphatic hydroxyl groups is 1. The molecule has 1 aromatic heterocycles. The summed E-state index contributed by atoms with van der Waals surface area (Å²) in [5.74, 6) is 0.738. The number of rotatable bonds is 4. The fourth-order valence-corrected chi connectivity index (χ4v) is 3.50. The molecular weight excluding hydrogens is 350 g/mol. The van der Waals surface area contributed by atoms with Crippen LogP contribution in [-0.2, 0) is 11.8 Å². The van der Waals surface area contributed by atoms with Crippen molar-refractivity contribution in [1.29, 1.82) is 0 Å². The van der Waals surface area contributed by atoms with Gasteiger partial charge in [-0.15, -0.1) is 11.3 Å². The zero-order valence-electron chi connectivity index (χ0n) is 12.7. The number of aliphatic hydroxyl groups excluding tert-OH is 1. The van der Waals surface area contributed by atoms with Crippen molar-refractivity contribution >= 4 is 27.3 Å². The molecule has 3 nitrogen and oxygen atoms in total. The Hall–Kier alpha value is -0.910. The molecule has 2 aromatic rings. The average molecular weight is 370 g/mol. The lowest BCUT2D eigenvalue weighted by Crippen LogP contribution is -2.12. The molecule has 114 valence electrons. The van der Waals surface area contributed by atoms with Crippen molar-refractivity contribution in [3.05, 3.63) is 44.3 Å². The maximum atomic E-state index is 10.5. The number of ether oxygens (including phenoxy) is 1. The minimum absolute atomic E-state index is 0.0379. The van der Waals surface area contributed by atoms with Crippen LogP contribution in [0.5, 0.6) is 5.75 Å². The lowest BCUT2D eigenvalue weighted by Gasteiger charge is -2.15. The molecule has 1 unspecified atom stereocenters. The van der Waals surface area contributed by atoms with Crippen LogP contribution in [0.15, 0.2) is 28.1 Å². The molecule has 0 fully saturated rings. The number of methoxy groups -OCH3 is 1. The lowest BCUT2D eigenvalue weighted by molar-refractivity contribution is 0.177. The van der Waals surface area contributed by atoms with Crippen molar-refractivity contribution in [2.24, 2.45) is 0 Å². The van der Waals surface area contributed by atoms with Crippen LogP contribution in [0.4, 0.5) is 0 Å². The topological polar surface area (TPSA) is 42.4 Å². The van der Waals surface area contributed by atoms with Crippen LogP contribution in [0.3, 0.4) is 0 Å². The van der Waals surface area contributed by atoms with Gasteiger partial charge in [0.05, 0.1) is 23.9 Å². The second kappa shape index (κ2) is 6.46. The third-order valence-corrected chi connectivity index (χ3v) is 4.84. The third-order valence-electron chi connectivity index (χ3n) is 3.25. The lowest BCUT2D eigenvalue weighted by atomic mass is 9.93. The van der Waals surface area contributed by atoms with E-state index in [1.165, 1.54) is 0 Å². The Bertz CT molecular complexity index is 619. The van der Waals surface area contributed by atoms with Gasteiger partial charge >= 0.3 is 0 Å². The van der Waals surface area contributed by atoms with Crippen molar-refractivity contribution in [1.82, 2.24) is 4.98 Å². The normalized spacial score (nSPS) is 13.2. The SMILES string of the molecule is COc1ccc(Br)c(C(O)Cc2nc(C(C)(C)C)cs2)c1. The first kappa shape index (κ1) is 16.5. The fourth-order valence-electron chi connectivity index (χ4n) is 1.93. The maximum absolute atomic E-state index is 10.5. The highest BCUT2D eigenvalue weighted by molar-refractivity contribution is 9.10. The number of hydrogen-bond donors (Lipinski definition) is 1. The van der Waals surface area contributed by atoms with Crippen molar-refractivity contribution in [2.45, 2.75) is 38.7 Å². The predicted octanol–water partition coefficient (Wildman–Crippen LogP) is 4.49. The Labute approximate surface area is 138 Å². The smallest absolute Gasteiger partial charge is 0.119 e. The number of nitrogens with zero attached hydrogens (tertiary/aromatic N) is 1. The molecule has 0 spiro atoms. The minimum atomic E-state index is -0.603. The standard InChI is InChI=1S/C16H20BrNO2S/c1-16(2,3)14-9-21-15(18-14)8-13(19)11-7-10(20-4)5-6-12(11)17/h5-7,9,13,19H,8H2,1-4H3. The van der Waals surface area contributed by atoms with E-state index in [4.69, 9.17) is 4.74 Å². The van der Waals surface area contributed by atoms with Crippen LogP contribution >= 0.6 is 27.3 Å². The first-order valence-electron chi connectivity index (χ1n) is 6.77. The Kier molecular flexibility index (Phi) is 5.07. The highest BCUT2D eigenvalue weighted by Gasteiger charge is 2.20. The molecule has 5 heteroatoms. The van der Waals surface area contributed by atoms with E-state index < -0.39 is 6.10 Å². The third kappa shape index (κ3) is 4.05. The Morgan fingerprint density at radius 3 is 2.67 bits per heavy atom.